The molecule has 0 saturated heterocycles. The second kappa shape index (κ2) is 5.38. The van der Waals surface area contributed by atoms with Gasteiger partial charge in [-0.3, -0.25) is 20.2 Å². The molecule has 7 heteroatoms. The molecule has 0 radical (unpaired) electrons. The number of non-ortho nitro benzene ring substituents is 2. The number of benzene rings is 2. The molecule has 0 heterocycles. The van der Waals surface area contributed by atoms with Crippen LogP contribution in [0.15, 0.2) is 40.9 Å². The fourth-order valence-corrected chi connectivity index (χ4v) is 2.48. The molecule has 0 N–H and O–H groups in total. The molecule has 2 aromatic rings. The van der Waals surface area contributed by atoms with Gasteiger partial charge in [-0.1, -0.05) is 0 Å². The molecule has 0 unspecified atom stereocenters. The van der Waals surface area contributed by atoms with Gasteiger partial charge in [-0.25, -0.2) is 0 Å². The van der Waals surface area contributed by atoms with Crippen molar-refractivity contribution in [3.63, 3.8) is 0 Å². The van der Waals surface area contributed by atoms with Crippen molar-refractivity contribution in [1.82, 2.24) is 0 Å². The smallest absolute Gasteiger partial charge is 0.258 e. The first-order valence-corrected chi connectivity index (χ1v) is 6.39. The number of hydrogen-bond donors (Lipinski definition) is 0. The molecule has 0 bridgehead atoms. The lowest BCUT2D eigenvalue weighted by Crippen LogP contribution is -1.92. The molecule has 0 amide bonds. The Hall–Kier alpha value is -2.28. The summed E-state index contributed by atoms with van der Waals surface area (Å²) < 4.78 is 0.573. The molecule has 6 nitrogen and oxygen atoms in total. The summed E-state index contributed by atoms with van der Waals surface area (Å²) in [4.78, 5) is 20.5. The fraction of sp³-hybridized carbons (Fsp3) is 0.0769. The highest BCUT2D eigenvalue weighted by Gasteiger charge is 2.14. The van der Waals surface area contributed by atoms with Gasteiger partial charge in [0, 0.05) is 28.7 Å². The maximum atomic E-state index is 10.7. The SMILES string of the molecule is Cc1cc([N+](=O)[O-])ccc1-c1ccc([N+](=O)[O-])cc1Br. The van der Waals surface area contributed by atoms with Gasteiger partial charge in [0.1, 0.15) is 0 Å². The third-order valence-corrected chi connectivity index (χ3v) is 3.53. The van der Waals surface area contributed by atoms with Crippen molar-refractivity contribution in [2.45, 2.75) is 6.92 Å². The Morgan fingerprint density at radius 3 is 1.85 bits per heavy atom. The number of hydrogen-bond acceptors (Lipinski definition) is 4. The van der Waals surface area contributed by atoms with Crippen molar-refractivity contribution in [3.8, 4) is 11.1 Å². The quantitative estimate of drug-likeness (QED) is 0.619. The number of rotatable bonds is 3. The van der Waals surface area contributed by atoms with E-state index in [0.29, 0.717) is 4.47 Å². The minimum Gasteiger partial charge on any atom is -0.258 e. The van der Waals surface area contributed by atoms with Crippen LogP contribution < -0.4 is 0 Å². The molecule has 20 heavy (non-hydrogen) atoms. The van der Waals surface area contributed by atoms with Gasteiger partial charge in [-0.05, 0) is 51.7 Å². The summed E-state index contributed by atoms with van der Waals surface area (Å²) in [6, 6.07) is 8.96. The lowest BCUT2D eigenvalue weighted by Gasteiger charge is -2.08. The average molecular weight is 337 g/mol. The van der Waals surface area contributed by atoms with E-state index in [9.17, 15) is 20.2 Å². The van der Waals surface area contributed by atoms with Crippen LogP contribution in [0.25, 0.3) is 11.1 Å². The number of halogens is 1. The molecule has 2 aromatic carbocycles. The fourth-order valence-electron chi connectivity index (χ4n) is 1.90. The number of nitro benzene ring substituents is 2. The molecule has 0 aromatic heterocycles. The van der Waals surface area contributed by atoms with Crippen LogP contribution in [0.1, 0.15) is 5.56 Å². The highest BCUT2D eigenvalue weighted by atomic mass is 79.9. The maximum absolute atomic E-state index is 10.7. The second-order valence-electron chi connectivity index (χ2n) is 4.18. The van der Waals surface area contributed by atoms with Crippen molar-refractivity contribution < 1.29 is 9.85 Å². The van der Waals surface area contributed by atoms with Gasteiger partial charge >= 0.3 is 0 Å². The number of nitrogens with zero attached hydrogens (tertiary/aromatic N) is 2. The first-order valence-electron chi connectivity index (χ1n) is 5.59. The maximum Gasteiger partial charge on any atom is 0.270 e. The summed E-state index contributed by atoms with van der Waals surface area (Å²) >= 11 is 3.30. The molecule has 0 aliphatic rings. The Balaban J connectivity index is 2.52. The van der Waals surface area contributed by atoms with E-state index in [2.05, 4.69) is 15.9 Å². The summed E-state index contributed by atoms with van der Waals surface area (Å²) in [6.45, 7) is 1.76. The van der Waals surface area contributed by atoms with Gasteiger partial charge in [0.15, 0.2) is 0 Å². The molecule has 0 aliphatic heterocycles. The summed E-state index contributed by atoms with van der Waals surface area (Å²) in [5.41, 5.74) is 2.28. The van der Waals surface area contributed by atoms with Crippen LogP contribution in [0, 0.1) is 27.2 Å². The molecule has 0 atom stereocenters. The Morgan fingerprint density at radius 1 is 0.900 bits per heavy atom. The molecule has 0 saturated carbocycles. The standard InChI is InChI=1S/C13H9BrN2O4/c1-8-6-9(15(17)18)2-4-11(8)12-5-3-10(16(19)20)7-13(12)14/h2-7H,1H3. The number of nitro groups is 2. The molecule has 0 fully saturated rings. The predicted octanol–water partition coefficient (Wildman–Crippen LogP) is 4.24. The topological polar surface area (TPSA) is 86.3 Å². The molecule has 102 valence electrons. The zero-order valence-electron chi connectivity index (χ0n) is 10.4. The van der Waals surface area contributed by atoms with E-state index in [1.165, 1.54) is 24.3 Å². The first kappa shape index (κ1) is 14.1. The van der Waals surface area contributed by atoms with Crippen LogP contribution in [0.2, 0.25) is 0 Å². The van der Waals surface area contributed by atoms with Gasteiger partial charge in [-0.2, -0.15) is 0 Å². The Kier molecular flexibility index (Phi) is 3.80. The molecular formula is C13H9BrN2O4. The highest BCUT2D eigenvalue weighted by molar-refractivity contribution is 9.10. The van der Waals surface area contributed by atoms with Crippen molar-refractivity contribution in [2.24, 2.45) is 0 Å². The molecule has 0 spiro atoms. The van der Waals surface area contributed by atoms with E-state index < -0.39 is 9.85 Å². The van der Waals surface area contributed by atoms with E-state index in [0.717, 1.165) is 16.7 Å². The van der Waals surface area contributed by atoms with E-state index >= 15 is 0 Å². The third kappa shape index (κ3) is 2.67. The highest BCUT2D eigenvalue weighted by Crippen LogP contribution is 2.34. The summed E-state index contributed by atoms with van der Waals surface area (Å²) in [5.74, 6) is 0. The zero-order chi connectivity index (χ0) is 14.9. The van der Waals surface area contributed by atoms with Gasteiger partial charge in [-0.15, -0.1) is 0 Å². The first-order chi connectivity index (χ1) is 9.40. The number of aryl methyl sites for hydroxylation is 1. The van der Waals surface area contributed by atoms with Gasteiger partial charge in [0.2, 0.25) is 0 Å². The van der Waals surface area contributed by atoms with Crippen LogP contribution in [-0.2, 0) is 0 Å². The zero-order valence-corrected chi connectivity index (χ0v) is 12.0. The monoisotopic (exact) mass is 336 g/mol. The van der Waals surface area contributed by atoms with E-state index in [4.69, 9.17) is 0 Å². The summed E-state index contributed by atoms with van der Waals surface area (Å²) in [7, 11) is 0. The van der Waals surface area contributed by atoms with E-state index in [-0.39, 0.29) is 11.4 Å². The predicted molar refractivity (Wildman–Crippen MR) is 77.6 cm³/mol. The Bertz CT molecular complexity index is 654. The van der Waals surface area contributed by atoms with Gasteiger partial charge in [0.05, 0.1) is 9.85 Å². The van der Waals surface area contributed by atoms with Crippen LogP contribution >= 0.6 is 15.9 Å². The Morgan fingerprint density at radius 2 is 1.40 bits per heavy atom. The second-order valence-corrected chi connectivity index (χ2v) is 5.03. The molecule has 0 aliphatic carbocycles. The van der Waals surface area contributed by atoms with Crippen LogP contribution in [0.5, 0.6) is 0 Å². The third-order valence-electron chi connectivity index (χ3n) is 2.87. The molecule has 2 rings (SSSR count). The van der Waals surface area contributed by atoms with Crippen molar-refractivity contribution in [1.29, 1.82) is 0 Å². The Labute approximate surface area is 122 Å². The largest absolute Gasteiger partial charge is 0.270 e. The summed E-state index contributed by atoms with van der Waals surface area (Å²) in [6.07, 6.45) is 0. The van der Waals surface area contributed by atoms with Crippen LogP contribution in [-0.4, -0.2) is 9.85 Å². The van der Waals surface area contributed by atoms with Crippen molar-refractivity contribution in [3.05, 3.63) is 66.7 Å². The lowest BCUT2D eigenvalue weighted by molar-refractivity contribution is -0.385. The van der Waals surface area contributed by atoms with E-state index in [1.807, 2.05) is 0 Å². The van der Waals surface area contributed by atoms with Crippen molar-refractivity contribution in [2.75, 3.05) is 0 Å². The van der Waals surface area contributed by atoms with E-state index in [1.54, 1.807) is 19.1 Å². The average Bonchev–Trinajstić information content (AvgIpc) is 2.38. The summed E-state index contributed by atoms with van der Waals surface area (Å²) in [5, 5.41) is 21.4. The van der Waals surface area contributed by atoms with Crippen LogP contribution in [0.3, 0.4) is 0 Å². The van der Waals surface area contributed by atoms with Crippen molar-refractivity contribution >= 4 is 27.3 Å². The van der Waals surface area contributed by atoms with Gasteiger partial charge < -0.3 is 0 Å². The van der Waals surface area contributed by atoms with Crippen LogP contribution in [0.4, 0.5) is 11.4 Å². The normalized spacial score (nSPS) is 10.3. The lowest BCUT2D eigenvalue weighted by atomic mass is 10.00. The van der Waals surface area contributed by atoms with Gasteiger partial charge in [0.25, 0.3) is 11.4 Å². The minimum atomic E-state index is -0.475. The minimum absolute atomic E-state index is 0.0137. The molecular weight excluding hydrogens is 328 g/mol.